The molecule has 3 unspecified atom stereocenters. The van der Waals surface area contributed by atoms with Crippen molar-refractivity contribution in [1.29, 1.82) is 0 Å². The Hall–Kier alpha value is -2.42. The van der Waals surface area contributed by atoms with Gasteiger partial charge < -0.3 is 10.2 Å². The molecule has 2 bridgehead atoms. The summed E-state index contributed by atoms with van der Waals surface area (Å²) in [6.07, 6.45) is 7.74. The van der Waals surface area contributed by atoms with Crippen molar-refractivity contribution in [3.8, 4) is 11.8 Å². The third-order valence-corrected chi connectivity index (χ3v) is 4.94. The molecule has 1 aromatic heterocycles. The highest BCUT2D eigenvalue weighted by Gasteiger charge is 2.42. The average Bonchev–Trinajstić information content (AvgIpc) is 3.21. The molecule has 0 fully saturated rings. The lowest BCUT2D eigenvalue weighted by molar-refractivity contribution is 0.344. The lowest BCUT2D eigenvalue weighted by atomic mass is 10.0. The molecule has 1 heterocycles. The summed E-state index contributed by atoms with van der Waals surface area (Å²) in [7, 11) is 0. The molecular formula is C19H19NO2. The second kappa shape index (κ2) is 4.80. The molecule has 4 rings (SSSR count). The molecule has 22 heavy (non-hydrogen) atoms. The zero-order chi connectivity index (χ0) is 15.3. The van der Waals surface area contributed by atoms with Gasteiger partial charge in [-0.2, -0.15) is 0 Å². The number of aromatic hydroxyl groups is 2. The Bertz CT molecular complexity index is 722. The van der Waals surface area contributed by atoms with Crippen molar-refractivity contribution in [2.75, 3.05) is 0 Å². The first-order valence-corrected chi connectivity index (χ1v) is 7.72. The normalized spacial score (nSPS) is 22.7. The Morgan fingerprint density at radius 2 is 1.68 bits per heavy atom. The van der Waals surface area contributed by atoms with Gasteiger partial charge in [0.2, 0.25) is 0 Å². The van der Waals surface area contributed by atoms with Crippen LogP contribution in [-0.2, 0) is 0 Å². The van der Waals surface area contributed by atoms with Crippen molar-refractivity contribution in [2.45, 2.75) is 30.7 Å². The number of allylic oxidation sites excluding steroid dienone is 3. The topological polar surface area (TPSA) is 45.4 Å². The van der Waals surface area contributed by atoms with Crippen molar-refractivity contribution in [3.05, 3.63) is 71.8 Å². The van der Waals surface area contributed by atoms with E-state index in [1.165, 1.54) is 0 Å². The highest BCUT2D eigenvalue weighted by Crippen LogP contribution is 2.57. The van der Waals surface area contributed by atoms with E-state index in [0.29, 0.717) is 6.42 Å². The predicted octanol–water partition coefficient (Wildman–Crippen LogP) is 4.21. The standard InChI is InChI=1S/C19H19NO2/c1-2-6-15(12-7-4-3-5-8-12)20-18(21)16-13-9-10-14(11-13)17(16)19(20)22/h2-5,7-10,13-15,21-22H,1,6,11H2. The second-order valence-corrected chi connectivity index (χ2v) is 6.13. The highest BCUT2D eigenvalue weighted by molar-refractivity contribution is 5.59. The summed E-state index contributed by atoms with van der Waals surface area (Å²) in [5, 5.41) is 21.5. The molecule has 0 radical (unpaired) electrons. The smallest absolute Gasteiger partial charge is 0.198 e. The van der Waals surface area contributed by atoms with Crippen LogP contribution in [0.5, 0.6) is 11.8 Å². The first kappa shape index (κ1) is 13.3. The minimum Gasteiger partial charge on any atom is -0.494 e. The maximum Gasteiger partial charge on any atom is 0.198 e. The van der Waals surface area contributed by atoms with Crippen LogP contribution in [0.1, 0.15) is 47.4 Å². The molecule has 112 valence electrons. The fourth-order valence-electron chi connectivity index (χ4n) is 3.98. The van der Waals surface area contributed by atoms with Gasteiger partial charge >= 0.3 is 0 Å². The third kappa shape index (κ3) is 1.68. The van der Waals surface area contributed by atoms with Gasteiger partial charge in [0.25, 0.3) is 0 Å². The maximum atomic E-state index is 10.7. The van der Waals surface area contributed by atoms with Gasteiger partial charge in [0.1, 0.15) is 0 Å². The van der Waals surface area contributed by atoms with E-state index in [9.17, 15) is 10.2 Å². The Balaban J connectivity index is 1.87. The number of benzene rings is 1. The van der Waals surface area contributed by atoms with E-state index < -0.39 is 0 Å². The van der Waals surface area contributed by atoms with Crippen molar-refractivity contribution >= 4 is 0 Å². The van der Waals surface area contributed by atoms with Crippen LogP contribution in [0.3, 0.4) is 0 Å². The Morgan fingerprint density at radius 3 is 2.23 bits per heavy atom. The van der Waals surface area contributed by atoms with Crippen LogP contribution in [0.15, 0.2) is 55.1 Å². The van der Waals surface area contributed by atoms with Gasteiger partial charge in [-0.15, -0.1) is 6.58 Å². The van der Waals surface area contributed by atoms with Gasteiger partial charge in [0.15, 0.2) is 11.8 Å². The molecule has 1 aromatic carbocycles. The number of aromatic nitrogens is 1. The Labute approximate surface area is 129 Å². The summed E-state index contributed by atoms with van der Waals surface area (Å²) in [6, 6.07) is 9.82. The number of hydrogen-bond donors (Lipinski definition) is 2. The summed E-state index contributed by atoms with van der Waals surface area (Å²) in [4.78, 5) is 0. The molecule has 3 atom stereocenters. The van der Waals surface area contributed by atoms with Crippen LogP contribution in [0, 0.1) is 0 Å². The van der Waals surface area contributed by atoms with E-state index in [0.717, 1.165) is 23.1 Å². The maximum absolute atomic E-state index is 10.7. The molecule has 0 spiro atoms. The van der Waals surface area contributed by atoms with Gasteiger partial charge in [-0.05, 0) is 18.4 Å². The van der Waals surface area contributed by atoms with Gasteiger partial charge in [-0.25, -0.2) is 0 Å². The van der Waals surface area contributed by atoms with E-state index in [1.54, 1.807) is 4.57 Å². The number of hydrogen-bond acceptors (Lipinski definition) is 2. The highest BCUT2D eigenvalue weighted by atomic mass is 16.3. The number of rotatable bonds is 4. The fraction of sp³-hybridized carbons (Fsp3) is 0.263. The van der Waals surface area contributed by atoms with Crippen molar-refractivity contribution < 1.29 is 10.2 Å². The Kier molecular flexibility index (Phi) is 2.89. The molecule has 2 aliphatic carbocycles. The molecule has 3 nitrogen and oxygen atoms in total. The molecule has 0 saturated heterocycles. The average molecular weight is 293 g/mol. The van der Waals surface area contributed by atoms with E-state index in [1.807, 2.05) is 36.4 Å². The van der Waals surface area contributed by atoms with Crippen LogP contribution in [0.25, 0.3) is 0 Å². The summed E-state index contributed by atoms with van der Waals surface area (Å²) >= 11 is 0. The molecule has 0 aliphatic heterocycles. The summed E-state index contributed by atoms with van der Waals surface area (Å²) in [6.45, 7) is 3.83. The molecular weight excluding hydrogens is 274 g/mol. The fourth-order valence-corrected chi connectivity index (χ4v) is 3.98. The number of nitrogens with zero attached hydrogens (tertiary/aromatic N) is 1. The minimum absolute atomic E-state index is 0.135. The van der Waals surface area contributed by atoms with Crippen LogP contribution in [0.4, 0.5) is 0 Å². The summed E-state index contributed by atoms with van der Waals surface area (Å²) in [5.41, 5.74) is 2.88. The van der Waals surface area contributed by atoms with Gasteiger partial charge in [0.05, 0.1) is 6.04 Å². The quantitative estimate of drug-likeness (QED) is 0.830. The van der Waals surface area contributed by atoms with E-state index in [-0.39, 0.29) is 29.6 Å². The van der Waals surface area contributed by atoms with Gasteiger partial charge in [-0.3, -0.25) is 4.57 Å². The monoisotopic (exact) mass is 293 g/mol. The molecule has 2 N–H and O–H groups in total. The largest absolute Gasteiger partial charge is 0.494 e. The zero-order valence-electron chi connectivity index (χ0n) is 12.3. The lowest BCUT2D eigenvalue weighted by Gasteiger charge is -2.21. The van der Waals surface area contributed by atoms with Crippen molar-refractivity contribution in [2.24, 2.45) is 0 Å². The Morgan fingerprint density at radius 1 is 1.09 bits per heavy atom. The lowest BCUT2D eigenvalue weighted by Crippen LogP contribution is -2.10. The van der Waals surface area contributed by atoms with Gasteiger partial charge in [-0.1, -0.05) is 48.6 Å². The predicted molar refractivity (Wildman–Crippen MR) is 86.4 cm³/mol. The second-order valence-electron chi connectivity index (χ2n) is 6.13. The van der Waals surface area contributed by atoms with E-state index in [2.05, 4.69) is 18.7 Å². The summed E-state index contributed by atoms with van der Waals surface area (Å²) < 4.78 is 1.67. The van der Waals surface area contributed by atoms with E-state index >= 15 is 0 Å². The molecule has 0 amide bonds. The van der Waals surface area contributed by atoms with Gasteiger partial charge in [0, 0.05) is 23.0 Å². The molecule has 2 aliphatic rings. The molecule has 0 saturated carbocycles. The van der Waals surface area contributed by atoms with Crippen LogP contribution < -0.4 is 0 Å². The molecule has 2 aromatic rings. The zero-order valence-corrected chi connectivity index (χ0v) is 12.3. The van der Waals surface area contributed by atoms with Crippen LogP contribution >= 0.6 is 0 Å². The molecule has 3 heteroatoms. The first-order valence-electron chi connectivity index (χ1n) is 7.72. The SMILES string of the molecule is C=CCC(c1ccccc1)n1c(O)c2c(c1O)C1C=CC2C1. The summed E-state index contributed by atoms with van der Waals surface area (Å²) in [5.74, 6) is 0.903. The van der Waals surface area contributed by atoms with Crippen molar-refractivity contribution in [3.63, 3.8) is 0 Å². The van der Waals surface area contributed by atoms with Crippen molar-refractivity contribution in [1.82, 2.24) is 4.57 Å². The number of fused-ring (bicyclic) bond motifs is 5. The first-order chi connectivity index (χ1) is 10.7. The van der Waals surface area contributed by atoms with Crippen LogP contribution in [-0.4, -0.2) is 14.8 Å². The minimum atomic E-state index is -0.135. The van der Waals surface area contributed by atoms with Crippen LogP contribution in [0.2, 0.25) is 0 Å². The van der Waals surface area contributed by atoms with E-state index in [4.69, 9.17) is 0 Å². The third-order valence-electron chi connectivity index (χ3n) is 4.94.